The second-order valence-electron chi connectivity index (χ2n) is 8.11. The van der Waals surface area contributed by atoms with Crippen LogP contribution in [-0.4, -0.2) is 34.3 Å². The number of nitrogens with two attached hydrogens (primary N) is 1. The summed E-state index contributed by atoms with van der Waals surface area (Å²) in [6.45, 7) is 3.64. The van der Waals surface area contributed by atoms with Gasteiger partial charge in [-0.1, -0.05) is 30.2 Å². The Kier molecular flexibility index (Phi) is 5.88. The lowest BCUT2D eigenvalue weighted by Crippen LogP contribution is -2.28. The quantitative estimate of drug-likeness (QED) is 0.370. The molecule has 0 aliphatic heterocycles. The van der Waals surface area contributed by atoms with Gasteiger partial charge in [0.1, 0.15) is 35.7 Å². The molecule has 0 aliphatic carbocycles. The molecule has 0 unspecified atom stereocenters. The van der Waals surface area contributed by atoms with Crippen LogP contribution in [0.4, 0.5) is 11.6 Å². The maximum absolute atomic E-state index is 13.9. The van der Waals surface area contributed by atoms with Crippen LogP contribution in [0.3, 0.4) is 0 Å². The molecule has 0 saturated carbocycles. The average molecular weight is 478 g/mol. The molecule has 3 N–H and O–H groups in total. The summed E-state index contributed by atoms with van der Waals surface area (Å²) in [7, 11) is 1.76. The molecule has 1 atom stereocenters. The number of aryl methyl sites for hydroxylation is 1. The van der Waals surface area contributed by atoms with E-state index >= 15 is 0 Å². The van der Waals surface area contributed by atoms with Crippen LogP contribution in [0, 0.1) is 11.8 Å². The van der Waals surface area contributed by atoms with E-state index in [9.17, 15) is 4.79 Å². The van der Waals surface area contributed by atoms with Crippen molar-refractivity contribution in [2.45, 2.75) is 19.9 Å². The van der Waals surface area contributed by atoms with Gasteiger partial charge in [-0.2, -0.15) is 5.10 Å². The highest BCUT2D eigenvalue weighted by molar-refractivity contribution is 5.85. The molecule has 3 aromatic heterocycles. The van der Waals surface area contributed by atoms with Crippen molar-refractivity contribution < 1.29 is 0 Å². The van der Waals surface area contributed by atoms with E-state index in [-0.39, 0.29) is 11.4 Å². The predicted molar refractivity (Wildman–Crippen MR) is 138 cm³/mol. The number of anilines is 2. The Morgan fingerprint density at radius 2 is 1.86 bits per heavy atom. The Labute approximate surface area is 206 Å². The van der Waals surface area contributed by atoms with E-state index in [2.05, 4.69) is 37.2 Å². The standard InChI is InChI=1S/C26H23N9O/c1-4-9-17-10-8-13-19-20(17)26(36)35(18-11-6-5-7-12-18)25(32-19)16(2)31-23-21(22(27)28-14-29-23)24-30-15-34(3)33-24/h5-8,10-16H,1-3H3,(H3,27,28,29,31)/t16-/m0/s1. The summed E-state index contributed by atoms with van der Waals surface area (Å²) in [6, 6.07) is 14.4. The molecular formula is C26H23N9O. The van der Waals surface area contributed by atoms with Crippen LogP contribution in [0.25, 0.3) is 28.0 Å². The van der Waals surface area contributed by atoms with Gasteiger partial charge in [0.2, 0.25) is 0 Å². The van der Waals surface area contributed by atoms with Crippen LogP contribution < -0.4 is 16.6 Å². The molecule has 5 rings (SSSR count). The normalized spacial score (nSPS) is 11.6. The number of rotatable bonds is 5. The summed E-state index contributed by atoms with van der Waals surface area (Å²) in [4.78, 5) is 31.6. The van der Waals surface area contributed by atoms with Crippen LogP contribution in [0.1, 0.15) is 31.3 Å². The van der Waals surface area contributed by atoms with Crippen molar-refractivity contribution in [3.8, 4) is 28.9 Å². The lowest BCUT2D eigenvalue weighted by molar-refractivity contribution is 0.730. The first-order valence-electron chi connectivity index (χ1n) is 11.2. The van der Waals surface area contributed by atoms with Crippen LogP contribution >= 0.6 is 0 Å². The number of fused-ring (bicyclic) bond motifs is 1. The molecule has 3 heterocycles. The first-order chi connectivity index (χ1) is 17.5. The van der Waals surface area contributed by atoms with Gasteiger partial charge >= 0.3 is 0 Å². The Morgan fingerprint density at radius 1 is 1.06 bits per heavy atom. The Bertz CT molecular complexity index is 1690. The second kappa shape index (κ2) is 9.31. The fourth-order valence-electron chi connectivity index (χ4n) is 4.06. The minimum atomic E-state index is -0.458. The molecule has 0 amide bonds. The predicted octanol–water partition coefficient (Wildman–Crippen LogP) is 3.10. The van der Waals surface area contributed by atoms with Crippen LogP contribution in [0.15, 0.2) is 66.0 Å². The summed E-state index contributed by atoms with van der Waals surface area (Å²) in [5.41, 5.74) is 8.33. The molecule has 0 bridgehead atoms. The minimum Gasteiger partial charge on any atom is -0.383 e. The highest BCUT2D eigenvalue weighted by Crippen LogP contribution is 2.30. The van der Waals surface area contributed by atoms with Gasteiger partial charge in [0.05, 0.1) is 22.6 Å². The van der Waals surface area contributed by atoms with Crippen LogP contribution in [0.5, 0.6) is 0 Å². The highest BCUT2D eigenvalue weighted by Gasteiger charge is 2.22. The van der Waals surface area contributed by atoms with Crippen molar-refractivity contribution in [1.29, 1.82) is 0 Å². The first-order valence-corrected chi connectivity index (χ1v) is 11.2. The van der Waals surface area contributed by atoms with Gasteiger partial charge < -0.3 is 11.1 Å². The maximum atomic E-state index is 13.9. The third-order valence-corrected chi connectivity index (χ3v) is 5.64. The van der Waals surface area contributed by atoms with E-state index in [1.165, 1.54) is 6.33 Å². The smallest absolute Gasteiger partial charge is 0.267 e. The van der Waals surface area contributed by atoms with Crippen molar-refractivity contribution in [2.24, 2.45) is 7.05 Å². The lowest BCUT2D eigenvalue weighted by atomic mass is 10.1. The molecule has 10 nitrogen and oxygen atoms in total. The molecule has 178 valence electrons. The van der Waals surface area contributed by atoms with Crippen LogP contribution in [-0.2, 0) is 7.05 Å². The zero-order chi connectivity index (χ0) is 25.2. The number of hydrogen-bond donors (Lipinski definition) is 2. The van der Waals surface area contributed by atoms with Crippen molar-refractivity contribution in [2.75, 3.05) is 11.1 Å². The zero-order valence-corrected chi connectivity index (χ0v) is 20.0. The zero-order valence-electron chi connectivity index (χ0n) is 20.0. The third kappa shape index (κ3) is 4.03. The van der Waals surface area contributed by atoms with Gasteiger partial charge in [-0.25, -0.2) is 19.9 Å². The van der Waals surface area contributed by atoms with Crippen molar-refractivity contribution >= 4 is 22.5 Å². The number of hydrogen-bond acceptors (Lipinski definition) is 8. The molecule has 0 radical (unpaired) electrons. The molecule has 0 aliphatic rings. The fourth-order valence-corrected chi connectivity index (χ4v) is 4.06. The van der Waals surface area contributed by atoms with E-state index in [4.69, 9.17) is 10.7 Å². The molecular weight excluding hydrogens is 454 g/mol. The van der Waals surface area contributed by atoms with Gasteiger partial charge in [-0.3, -0.25) is 14.0 Å². The summed E-state index contributed by atoms with van der Waals surface area (Å²) in [5, 5.41) is 8.17. The topological polar surface area (TPSA) is 129 Å². The summed E-state index contributed by atoms with van der Waals surface area (Å²) < 4.78 is 3.17. The highest BCUT2D eigenvalue weighted by atomic mass is 16.1. The maximum Gasteiger partial charge on any atom is 0.267 e. The van der Waals surface area contributed by atoms with Gasteiger partial charge in [-0.05, 0) is 38.1 Å². The van der Waals surface area contributed by atoms with E-state index in [0.29, 0.717) is 45.2 Å². The number of para-hydroxylation sites is 1. The molecule has 5 aromatic rings. The molecule has 0 fully saturated rings. The molecule has 0 spiro atoms. The number of nitrogens with one attached hydrogen (secondary N) is 1. The number of benzene rings is 2. The summed E-state index contributed by atoms with van der Waals surface area (Å²) in [6.07, 6.45) is 2.94. The molecule has 10 heteroatoms. The Hall–Kier alpha value is -5.04. The third-order valence-electron chi connectivity index (χ3n) is 5.64. The van der Waals surface area contributed by atoms with E-state index in [1.807, 2.05) is 55.5 Å². The lowest BCUT2D eigenvalue weighted by Gasteiger charge is -2.21. The minimum absolute atomic E-state index is 0.206. The summed E-state index contributed by atoms with van der Waals surface area (Å²) >= 11 is 0. The number of aromatic nitrogens is 7. The monoisotopic (exact) mass is 477 g/mol. The SMILES string of the molecule is CC#Cc1cccc2nc([C@H](C)Nc3ncnc(N)c3-c3ncn(C)n3)n(-c3ccccc3)c(=O)c12. The van der Waals surface area contributed by atoms with Crippen LogP contribution in [0.2, 0.25) is 0 Å². The van der Waals surface area contributed by atoms with E-state index < -0.39 is 6.04 Å². The Balaban J connectivity index is 1.70. The van der Waals surface area contributed by atoms with Gasteiger partial charge in [0, 0.05) is 12.6 Å². The number of nitrogens with zero attached hydrogens (tertiary/aromatic N) is 7. The van der Waals surface area contributed by atoms with Gasteiger partial charge in [0.15, 0.2) is 5.82 Å². The molecule has 36 heavy (non-hydrogen) atoms. The first kappa shape index (κ1) is 22.7. The van der Waals surface area contributed by atoms with Crippen molar-refractivity contribution in [3.05, 3.63) is 82.9 Å². The largest absolute Gasteiger partial charge is 0.383 e. The average Bonchev–Trinajstić information content (AvgIpc) is 3.30. The molecule has 0 saturated heterocycles. The second-order valence-corrected chi connectivity index (χ2v) is 8.11. The van der Waals surface area contributed by atoms with Gasteiger partial charge in [0.25, 0.3) is 5.56 Å². The molecule has 2 aromatic carbocycles. The summed E-state index contributed by atoms with van der Waals surface area (Å²) in [5.74, 6) is 7.46. The van der Waals surface area contributed by atoms with Gasteiger partial charge in [-0.15, -0.1) is 5.92 Å². The fraction of sp³-hybridized carbons (Fsp3) is 0.154. The number of nitrogen functional groups attached to an aromatic ring is 1. The van der Waals surface area contributed by atoms with Crippen molar-refractivity contribution in [1.82, 2.24) is 34.3 Å². The Morgan fingerprint density at radius 3 is 2.58 bits per heavy atom. The van der Waals surface area contributed by atoms with E-state index in [1.54, 1.807) is 29.5 Å². The van der Waals surface area contributed by atoms with E-state index in [0.717, 1.165) is 0 Å². The van der Waals surface area contributed by atoms with Crippen molar-refractivity contribution in [3.63, 3.8) is 0 Å².